The van der Waals surface area contributed by atoms with Gasteiger partial charge in [-0.3, -0.25) is 0 Å². The summed E-state index contributed by atoms with van der Waals surface area (Å²) in [5.41, 5.74) is 0. The molecule has 12 heavy (non-hydrogen) atoms. The standard InChI is InChI=1S/C3H8BrS.BrH.5ClH.Sb/c1-3-5(2)4;;;;;;;/h3H2,1-2H3;6*1H;/q+1;;;;;;;+5/p-6. The van der Waals surface area contributed by atoms with Crippen LogP contribution in [0.2, 0.25) is 0 Å². The van der Waals surface area contributed by atoms with Gasteiger partial charge in [-0.1, -0.05) is 0 Å². The molecular formula is C3H8Br2Cl5SSb. The van der Waals surface area contributed by atoms with Crippen molar-refractivity contribution in [3.05, 3.63) is 0 Å². The van der Waals surface area contributed by atoms with Crippen LogP contribution >= 0.6 is 71.6 Å². The van der Waals surface area contributed by atoms with Crippen molar-refractivity contribution in [3.63, 3.8) is 0 Å². The molecule has 0 aromatic carbocycles. The molecule has 0 saturated heterocycles. The van der Waals surface area contributed by atoms with E-state index in [2.05, 4.69) is 40.6 Å². The first kappa shape index (κ1) is 18.0. The van der Waals surface area contributed by atoms with Crippen LogP contribution in [0.5, 0.6) is 0 Å². The molecule has 80 valence electrons. The van der Waals surface area contributed by atoms with Gasteiger partial charge in [-0.15, -0.1) is 0 Å². The summed E-state index contributed by atoms with van der Waals surface area (Å²) >= 11 is 6.01. The van der Waals surface area contributed by atoms with Crippen molar-refractivity contribution in [1.82, 2.24) is 0 Å². The van der Waals surface area contributed by atoms with Crippen LogP contribution in [0.1, 0.15) is 6.92 Å². The van der Waals surface area contributed by atoms with Crippen molar-refractivity contribution in [2.24, 2.45) is 0 Å². The molecule has 0 aliphatic heterocycles. The van der Waals surface area contributed by atoms with Crippen molar-refractivity contribution in [1.29, 1.82) is 0 Å². The molecule has 0 N–H and O–H groups in total. The van der Waals surface area contributed by atoms with Crippen molar-refractivity contribution >= 4 is 88.9 Å². The van der Waals surface area contributed by atoms with Gasteiger partial charge in [0.1, 0.15) is 12.0 Å². The monoisotopic (exact) mass is 530 g/mol. The fraction of sp³-hybridized carbons (Fsp3) is 1.00. The quantitative estimate of drug-likeness (QED) is 0.309. The van der Waals surface area contributed by atoms with Gasteiger partial charge >= 0.3 is 64.8 Å². The second-order valence-corrected chi connectivity index (χ2v) is 77.8. The van der Waals surface area contributed by atoms with E-state index in [0.717, 1.165) is 0 Å². The Balaban J connectivity index is 0. The Kier molecular flexibility index (Phi) is 7.89. The number of rotatable bonds is 1. The third-order valence-corrected chi connectivity index (χ3v) is 2.57. The fourth-order valence-electron chi connectivity index (χ4n) is 0. The maximum atomic E-state index is 5.22. The first-order valence-electron chi connectivity index (χ1n) is 2.57. The van der Waals surface area contributed by atoms with E-state index in [-0.39, 0.29) is 0 Å². The van der Waals surface area contributed by atoms with Gasteiger partial charge in [0.2, 0.25) is 14.8 Å². The van der Waals surface area contributed by atoms with Crippen molar-refractivity contribution < 1.29 is 0 Å². The Hall–Kier alpha value is 3.58. The molecule has 0 nitrogen and oxygen atoms in total. The van der Waals surface area contributed by atoms with Gasteiger partial charge in [-0.2, -0.15) is 0 Å². The van der Waals surface area contributed by atoms with Crippen LogP contribution < -0.4 is 0 Å². The summed E-state index contributed by atoms with van der Waals surface area (Å²) in [5.74, 6) is 1.25. The molecule has 9 heteroatoms. The predicted octanol–water partition coefficient (Wildman–Crippen LogP) is 5.48. The van der Waals surface area contributed by atoms with Gasteiger partial charge in [0, 0.05) is 0 Å². The summed E-state index contributed by atoms with van der Waals surface area (Å²) < 4.78 is 0. The normalized spacial score (nSPS) is 19.8. The average Bonchev–Trinajstić information content (AvgIpc) is 1.56. The van der Waals surface area contributed by atoms with Gasteiger partial charge in [0.05, 0.1) is 9.33 Å². The van der Waals surface area contributed by atoms with Gasteiger partial charge in [0.25, 0.3) is 0 Å². The topological polar surface area (TPSA) is 0 Å². The second kappa shape index (κ2) is 5.27. The molecule has 0 bridgehead atoms. The average molecular weight is 535 g/mol. The second-order valence-electron chi connectivity index (χ2n) is 1.80. The van der Waals surface area contributed by atoms with Crippen LogP contribution in [0.25, 0.3) is 0 Å². The first-order chi connectivity index (χ1) is 4.72. The van der Waals surface area contributed by atoms with Crippen LogP contribution in [0, 0.1) is 0 Å². The van der Waals surface area contributed by atoms with Gasteiger partial charge in [0.15, 0.2) is 0 Å². The first-order valence-corrected chi connectivity index (χ1v) is 28.1. The summed E-state index contributed by atoms with van der Waals surface area (Å²) in [7, 11) is 21.5. The summed E-state index contributed by atoms with van der Waals surface area (Å²) in [5, 5.41) is 0. The minimum atomic E-state index is -5.08. The van der Waals surface area contributed by atoms with E-state index in [1.165, 1.54) is 5.75 Å². The Morgan fingerprint density at radius 1 is 1.17 bits per heavy atom. The van der Waals surface area contributed by atoms with Crippen LogP contribution in [0.15, 0.2) is 0 Å². The molecule has 0 fully saturated rings. The van der Waals surface area contributed by atoms with Crippen LogP contribution in [0.4, 0.5) is 0 Å². The number of hydrogen-bond acceptors (Lipinski definition) is 0. The van der Waals surface area contributed by atoms with Crippen molar-refractivity contribution in [2.75, 3.05) is 12.0 Å². The number of hydrogen-bond donors (Lipinski definition) is 0. The van der Waals surface area contributed by atoms with E-state index in [9.17, 15) is 0 Å². The van der Waals surface area contributed by atoms with E-state index in [1.54, 1.807) is 0 Å². The van der Waals surface area contributed by atoms with E-state index in [0.29, 0.717) is 9.33 Å². The summed E-state index contributed by atoms with van der Waals surface area (Å²) in [6, 6.07) is 0. The minimum absolute atomic E-state index is 0.490. The molecule has 0 aromatic heterocycles. The molecule has 0 aliphatic carbocycles. The zero-order valence-corrected chi connectivity index (χ0v) is 16.5. The molecule has 1 unspecified atom stereocenters. The Morgan fingerprint density at radius 3 is 1.25 bits per heavy atom. The van der Waals surface area contributed by atoms with Crippen molar-refractivity contribution in [3.8, 4) is 0 Å². The Bertz CT molecular complexity index is 125. The third-order valence-electron chi connectivity index (χ3n) is 0.398. The predicted molar refractivity (Wildman–Crippen MR) is 76.7 cm³/mol. The molecule has 0 rings (SSSR count). The van der Waals surface area contributed by atoms with Crippen LogP contribution in [-0.4, -0.2) is 20.0 Å². The van der Waals surface area contributed by atoms with Gasteiger partial charge < -0.3 is 0 Å². The molecule has 0 saturated carbocycles. The van der Waals surface area contributed by atoms with E-state index in [4.69, 9.17) is 44.1 Å². The van der Waals surface area contributed by atoms with E-state index >= 15 is 0 Å². The van der Waals surface area contributed by atoms with E-state index in [1.807, 2.05) is 0 Å². The van der Waals surface area contributed by atoms with Crippen molar-refractivity contribution in [2.45, 2.75) is 6.92 Å². The SMILES string of the molecule is CC[S+](C)Br.[Cl][Sb-]([Cl])([Cl])([Cl])([Cl])[Br]. The van der Waals surface area contributed by atoms with Crippen LogP contribution in [-0.2, 0) is 9.33 Å². The molecular weight excluding hydrogens is 527 g/mol. The Morgan fingerprint density at radius 2 is 1.25 bits per heavy atom. The molecule has 0 heterocycles. The number of halogens is 7. The zero-order chi connectivity index (χ0) is 10.7. The van der Waals surface area contributed by atoms with Gasteiger partial charge in [-0.25, -0.2) is 0 Å². The molecule has 0 amide bonds. The van der Waals surface area contributed by atoms with Gasteiger partial charge in [-0.05, 0) is 6.92 Å². The zero-order valence-electron chi connectivity index (χ0n) is 6.21. The fourth-order valence-corrected chi connectivity index (χ4v) is 0. The maximum absolute atomic E-state index is 5.22. The van der Waals surface area contributed by atoms with E-state index < -0.39 is 8.03 Å². The third kappa shape index (κ3) is 69.0. The Labute approximate surface area is 106 Å². The summed E-state index contributed by atoms with van der Waals surface area (Å²) in [6.07, 6.45) is 2.17. The molecule has 0 spiro atoms. The summed E-state index contributed by atoms with van der Waals surface area (Å²) in [4.78, 5) is 0. The molecule has 0 aromatic rings. The molecule has 1 atom stereocenters. The summed E-state index contributed by atoms with van der Waals surface area (Å²) in [6.45, 7) is 2.16. The molecule has 0 radical (unpaired) electrons. The molecule has 0 aliphatic rings. The van der Waals surface area contributed by atoms with Crippen LogP contribution in [0.3, 0.4) is 0 Å².